The molecule has 3 nitrogen and oxygen atoms in total. The van der Waals surface area contributed by atoms with Gasteiger partial charge in [-0.15, -0.1) is 0 Å². The summed E-state index contributed by atoms with van der Waals surface area (Å²) >= 11 is 0. The first-order valence-corrected chi connectivity index (χ1v) is 4.99. The van der Waals surface area contributed by atoms with Crippen LogP contribution in [-0.2, 0) is 0 Å². The molecule has 0 amide bonds. The number of hydrogen-bond acceptors (Lipinski definition) is 1. The van der Waals surface area contributed by atoms with Gasteiger partial charge in [-0.3, -0.25) is 0 Å². The second-order valence-corrected chi connectivity index (χ2v) is 3.36. The van der Waals surface area contributed by atoms with Crippen LogP contribution in [0.2, 0.25) is 0 Å². The van der Waals surface area contributed by atoms with E-state index >= 15 is 0 Å². The highest BCUT2D eigenvalue weighted by molar-refractivity contribution is 5.61. The van der Waals surface area contributed by atoms with E-state index in [9.17, 15) is 0 Å². The number of benzene rings is 1. The lowest BCUT2D eigenvalue weighted by Gasteiger charge is -1.98. The van der Waals surface area contributed by atoms with Gasteiger partial charge < -0.3 is 0 Å². The molecule has 0 saturated carbocycles. The van der Waals surface area contributed by atoms with Crippen molar-refractivity contribution in [1.29, 1.82) is 0 Å². The maximum absolute atomic E-state index is 8.07. The summed E-state index contributed by atoms with van der Waals surface area (Å²) in [6.45, 7) is 6.27. The zero-order valence-electron chi connectivity index (χ0n) is 9.27. The van der Waals surface area contributed by atoms with Crippen molar-refractivity contribution in [2.24, 2.45) is 5.11 Å². The van der Waals surface area contributed by atoms with Crippen molar-refractivity contribution in [2.75, 3.05) is 6.54 Å². The van der Waals surface area contributed by atoms with E-state index in [0.717, 1.165) is 16.7 Å². The van der Waals surface area contributed by atoms with Crippen molar-refractivity contribution in [3.05, 3.63) is 52.4 Å². The van der Waals surface area contributed by atoms with Gasteiger partial charge in [-0.25, -0.2) is 0 Å². The quantitative estimate of drug-likeness (QED) is 0.240. The summed E-state index contributed by atoms with van der Waals surface area (Å²) < 4.78 is 0. The van der Waals surface area contributed by atoms with Gasteiger partial charge in [0.2, 0.25) is 0 Å². The fourth-order valence-electron chi connectivity index (χ4n) is 1.15. The standard InChI is InChI=1S/C13H13N3/c1-11(2)13-8-6-12(7-9-13)5-3-4-10-15-16-14/h6-9H,1,4,10H2,2H3. The summed E-state index contributed by atoms with van der Waals surface area (Å²) in [5.41, 5.74) is 11.2. The van der Waals surface area contributed by atoms with Gasteiger partial charge in [0.15, 0.2) is 0 Å². The largest absolute Gasteiger partial charge is 0.0978 e. The number of azide groups is 1. The minimum Gasteiger partial charge on any atom is -0.0978 e. The lowest BCUT2D eigenvalue weighted by Crippen LogP contribution is -1.79. The van der Waals surface area contributed by atoms with Crippen molar-refractivity contribution in [3.8, 4) is 11.8 Å². The molecule has 0 N–H and O–H groups in total. The summed E-state index contributed by atoms with van der Waals surface area (Å²) in [6, 6.07) is 7.93. The van der Waals surface area contributed by atoms with Crippen molar-refractivity contribution >= 4 is 5.57 Å². The van der Waals surface area contributed by atoms with Gasteiger partial charge in [-0.2, -0.15) is 0 Å². The lowest BCUT2D eigenvalue weighted by molar-refractivity contribution is 1.01. The fourth-order valence-corrected chi connectivity index (χ4v) is 1.15. The summed E-state index contributed by atoms with van der Waals surface area (Å²) in [7, 11) is 0. The van der Waals surface area contributed by atoms with Crippen molar-refractivity contribution < 1.29 is 0 Å². The Morgan fingerprint density at radius 2 is 2.12 bits per heavy atom. The molecule has 0 spiro atoms. The molecule has 16 heavy (non-hydrogen) atoms. The highest BCUT2D eigenvalue weighted by Crippen LogP contribution is 2.11. The van der Waals surface area contributed by atoms with E-state index < -0.39 is 0 Å². The third-order valence-electron chi connectivity index (χ3n) is 2.01. The van der Waals surface area contributed by atoms with Gasteiger partial charge in [0.25, 0.3) is 0 Å². The van der Waals surface area contributed by atoms with Gasteiger partial charge in [0.05, 0.1) is 0 Å². The molecule has 3 heteroatoms. The minimum atomic E-state index is 0.424. The molecular formula is C13H13N3. The van der Waals surface area contributed by atoms with Crippen LogP contribution in [0.15, 0.2) is 36.0 Å². The van der Waals surface area contributed by atoms with Crippen LogP contribution >= 0.6 is 0 Å². The molecule has 0 saturated heterocycles. The van der Waals surface area contributed by atoms with E-state index in [1.807, 2.05) is 31.2 Å². The van der Waals surface area contributed by atoms with Crippen molar-refractivity contribution in [3.63, 3.8) is 0 Å². The Labute approximate surface area is 95.4 Å². The van der Waals surface area contributed by atoms with E-state index in [1.54, 1.807) is 0 Å². The predicted octanol–water partition coefficient (Wildman–Crippen LogP) is 3.77. The Morgan fingerprint density at radius 1 is 1.44 bits per heavy atom. The Morgan fingerprint density at radius 3 is 2.69 bits per heavy atom. The van der Waals surface area contributed by atoms with E-state index in [1.165, 1.54) is 0 Å². The van der Waals surface area contributed by atoms with Gasteiger partial charge in [-0.05, 0) is 30.2 Å². The first-order chi connectivity index (χ1) is 7.74. The van der Waals surface area contributed by atoms with E-state index in [4.69, 9.17) is 5.53 Å². The average Bonchev–Trinajstić information content (AvgIpc) is 2.29. The normalized spacial score (nSPS) is 8.56. The summed E-state index contributed by atoms with van der Waals surface area (Å²) in [5, 5.41) is 3.41. The molecule has 1 rings (SSSR count). The molecule has 0 aliphatic rings. The van der Waals surface area contributed by atoms with Gasteiger partial charge in [0.1, 0.15) is 0 Å². The van der Waals surface area contributed by atoms with Crippen LogP contribution in [0.1, 0.15) is 24.5 Å². The molecule has 0 aromatic heterocycles. The zero-order chi connectivity index (χ0) is 11.8. The molecular weight excluding hydrogens is 198 g/mol. The monoisotopic (exact) mass is 211 g/mol. The second kappa shape index (κ2) is 6.34. The Balaban J connectivity index is 2.61. The highest BCUT2D eigenvalue weighted by atomic mass is 15.1. The van der Waals surface area contributed by atoms with Crippen molar-refractivity contribution in [1.82, 2.24) is 0 Å². The van der Waals surface area contributed by atoms with Crippen LogP contribution in [0.4, 0.5) is 0 Å². The lowest BCUT2D eigenvalue weighted by atomic mass is 10.1. The van der Waals surface area contributed by atoms with E-state index in [0.29, 0.717) is 13.0 Å². The number of nitrogens with zero attached hydrogens (tertiary/aromatic N) is 3. The fraction of sp³-hybridized carbons (Fsp3) is 0.231. The molecule has 0 bridgehead atoms. The topological polar surface area (TPSA) is 48.8 Å². The zero-order valence-corrected chi connectivity index (χ0v) is 9.27. The summed E-state index contributed by atoms with van der Waals surface area (Å²) in [6.07, 6.45) is 0.590. The first-order valence-electron chi connectivity index (χ1n) is 4.99. The molecule has 0 heterocycles. The minimum absolute atomic E-state index is 0.424. The smallest absolute Gasteiger partial charge is 0.0367 e. The van der Waals surface area contributed by atoms with Crippen LogP contribution in [-0.4, -0.2) is 6.54 Å². The van der Waals surface area contributed by atoms with Crippen LogP contribution in [0.5, 0.6) is 0 Å². The molecule has 80 valence electrons. The average molecular weight is 211 g/mol. The highest BCUT2D eigenvalue weighted by Gasteiger charge is 1.91. The Bertz CT molecular complexity index is 468. The third kappa shape index (κ3) is 3.91. The first kappa shape index (κ1) is 11.9. The van der Waals surface area contributed by atoms with Crippen LogP contribution in [0.3, 0.4) is 0 Å². The van der Waals surface area contributed by atoms with Gasteiger partial charge in [0, 0.05) is 23.4 Å². The van der Waals surface area contributed by atoms with Gasteiger partial charge in [-0.1, -0.05) is 41.2 Å². The molecule has 0 atom stereocenters. The molecule has 0 aliphatic carbocycles. The Kier molecular flexibility index (Phi) is 4.72. The van der Waals surface area contributed by atoms with Gasteiger partial charge >= 0.3 is 0 Å². The molecule has 0 unspecified atom stereocenters. The second-order valence-electron chi connectivity index (χ2n) is 3.36. The number of rotatable bonds is 3. The number of hydrogen-bond donors (Lipinski definition) is 0. The maximum atomic E-state index is 8.07. The van der Waals surface area contributed by atoms with Crippen LogP contribution in [0, 0.1) is 11.8 Å². The molecule has 0 fully saturated rings. The summed E-state index contributed by atoms with van der Waals surface area (Å²) in [4.78, 5) is 2.66. The number of allylic oxidation sites excluding steroid dienone is 1. The maximum Gasteiger partial charge on any atom is 0.0367 e. The SMILES string of the molecule is C=C(C)c1ccc(C#CCCN=[N+]=[N-])cc1. The van der Waals surface area contributed by atoms with Crippen LogP contribution < -0.4 is 0 Å². The predicted molar refractivity (Wildman–Crippen MR) is 66.7 cm³/mol. The van der Waals surface area contributed by atoms with Crippen LogP contribution in [0.25, 0.3) is 16.0 Å². The molecule has 1 aromatic carbocycles. The Hall–Kier alpha value is -2.17. The molecule has 1 aromatic rings. The molecule has 0 radical (unpaired) electrons. The van der Waals surface area contributed by atoms with E-state index in [2.05, 4.69) is 28.4 Å². The third-order valence-corrected chi connectivity index (χ3v) is 2.01. The molecule has 0 aliphatic heterocycles. The van der Waals surface area contributed by atoms with E-state index in [-0.39, 0.29) is 0 Å². The summed E-state index contributed by atoms with van der Waals surface area (Å²) in [5.74, 6) is 5.95. The van der Waals surface area contributed by atoms with Crippen molar-refractivity contribution in [2.45, 2.75) is 13.3 Å².